The van der Waals surface area contributed by atoms with E-state index in [-0.39, 0.29) is 5.91 Å². The van der Waals surface area contributed by atoms with Gasteiger partial charge < -0.3 is 10.1 Å². The van der Waals surface area contributed by atoms with Crippen LogP contribution >= 0.6 is 23.2 Å². The van der Waals surface area contributed by atoms with Gasteiger partial charge in [-0.05, 0) is 36.8 Å². The molecule has 0 fully saturated rings. The molecule has 0 unspecified atom stereocenters. The van der Waals surface area contributed by atoms with Crippen LogP contribution < -0.4 is 10.1 Å². The van der Waals surface area contributed by atoms with Gasteiger partial charge in [-0.15, -0.1) is 0 Å². The molecule has 21 heavy (non-hydrogen) atoms. The predicted octanol–water partition coefficient (Wildman–Crippen LogP) is 4.79. The maximum atomic E-state index is 12.2. The van der Waals surface area contributed by atoms with Crippen LogP contribution in [-0.4, -0.2) is 12.0 Å². The van der Waals surface area contributed by atoms with Crippen molar-refractivity contribution in [2.75, 3.05) is 5.32 Å². The quantitative estimate of drug-likeness (QED) is 0.859. The number of carbonyl (C=O) groups is 1. The molecule has 0 aliphatic heterocycles. The Morgan fingerprint density at radius 3 is 2.33 bits per heavy atom. The molecular formula is C16H15Cl2NO2. The Morgan fingerprint density at radius 1 is 1.14 bits per heavy atom. The van der Waals surface area contributed by atoms with Crippen molar-refractivity contribution in [2.24, 2.45) is 0 Å². The van der Waals surface area contributed by atoms with E-state index in [0.717, 1.165) is 0 Å². The minimum atomic E-state index is -0.579. The highest BCUT2D eigenvalue weighted by Crippen LogP contribution is 2.23. The SMILES string of the molecule is CC[C@H](Oc1ccccc1)C(=O)Nc1cc(Cl)cc(Cl)c1. The van der Waals surface area contributed by atoms with Gasteiger partial charge in [0.25, 0.3) is 5.91 Å². The van der Waals surface area contributed by atoms with Crippen molar-refractivity contribution in [1.82, 2.24) is 0 Å². The highest BCUT2D eigenvalue weighted by atomic mass is 35.5. The number of carbonyl (C=O) groups excluding carboxylic acids is 1. The van der Waals surface area contributed by atoms with Gasteiger partial charge in [0.05, 0.1) is 0 Å². The number of halogens is 2. The maximum absolute atomic E-state index is 12.2. The fourth-order valence-electron chi connectivity index (χ4n) is 1.83. The standard InChI is InChI=1S/C16H15Cl2NO2/c1-2-15(21-14-6-4-3-5-7-14)16(20)19-13-9-11(17)8-12(18)10-13/h3-10,15H,2H2,1H3,(H,19,20)/t15-/m0/s1. The van der Waals surface area contributed by atoms with Crippen molar-refractivity contribution >= 4 is 34.8 Å². The van der Waals surface area contributed by atoms with Crippen molar-refractivity contribution < 1.29 is 9.53 Å². The first-order valence-electron chi connectivity index (χ1n) is 6.57. The molecule has 3 nitrogen and oxygen atoms in total. The summed E-state index contributed by atoms with van der Waals surface area (Å²) in [6, 6.07) is 14.1. The minimum Gasteiger partial charge on any atom is -0.481 e. The van der Waals surface area contributed by atoms with Crippen LogP contribution in [0.25, 0.3) is 0 Å². The third kappa shape index (κ3) is 4.66. The van der Waals surface area contributed by atoms with Crippen LogP contribution in [0.5, 0.6) is 5.75 Å². The van der Waals surface area contributed by atoms with E-state index in [2.05, 4.69) is 5.32 Å². The zero-order chi connectivity index (χ0) is 15.2. The molecule has 1 N–H and O–H groups in total. The van der Waals surface area contributed by atoms with Crippen LogP contribution in [0.2, 0.25) is 10.0 Å². The normalized spacial score (nSPS) is 11.8. The van der Waals surface area contributed by atoms with Gasteiger partial charge in [-0.3, -0.25) is 4.79 Å². The van der Waals surface area contributed by atoms with Gasteiger partial charge in [0.2, 0.25) is 0 Å². The number of anilines is 1. The van der Waals surface area contributed by atoms with E-state index in [1.54, 1.807) is 18.2 Å². The van der Waals surface area contributed by atoms with Crippen LogP contribution in [-0.2, 0) is 4.79 Å². The first-order chi connectivity index (χ1) is 10.1. The molecule has 0 saturated heterocycles. The van der Waals surface area contributed by atoms with Crippen LogP contribution in [0.1, 0.15) is 13.3 Å². The molecule has 0 aromatic heterocycles. The molecule has 1 amide bonds. The molecule has 110 valence electrons. The number of nitrogens with one attached hydrogen (secondary N) is 1. The molecule has 0 heterocycles. The monoisotopic (exact) mass is 323 g/mol. The van der Waals surface area contributed by atoms with Gasteiger partial charge in [0.1, 0.15) is 5.75 Å². The molecule has 1 atom stereocenters. The van der Waals surface area contributed by atoms with Crippen LogP contribution in [0.3, 0.4) is 0 Å². The zero-order valence-electron chi connectivity index (χ0n) is 11.5. The van der Waals surface area contributed by atoms with Crippen molar-refractivity contribution in [1.29, 1.82) is 0 Å². The van der Waals surface area contributed by atoms with Crippen LogP contribution in [0.4, 0.5) is 5.69 Å². The van der Waals surface area contributed by atoms with E-state index in [9.17, 15) is 4.79 Å². The molecule has 5 heteroatoms. The summed E-state index contributed by atoms with van der Waals surface area (Å²) in [5, 5.41) is 3.70. The fraction of sp³-hybridized carbons (Fsp3) is 0.188. The van der Waals surface area contributed by atoms with E-state index in [1.165, 1.54) is 0 Å². The van der Waals surface area contributed by atoms with Gasteiger partial charge in [0.15, 0.2) is 6.10 Å². The fourth-order valence-corrected chi connectivity index (χ4v) is 2.36. The Hall–Kier alpha value is -1.71. The largest absolute Gasteiger partial charge is 0.481 e. The molecular weight excluding hydrogens is 309 g/mol. The Morgan fingerprint density at radius 2 is 1.76 bits per heavy atom. The summed E-state index contributed by atoms with van der Waals surface area (Å²) in [5.41, 5.74) is 0.549. The maximum Gasteiger partial charge on any atom is 0.265 e. The number of amides is 1. The summed E-state index contributed by atoms with van der Waals surface area (Å²) in [7, 11) is 0. The van der Waals surface area contributed by atoms with Gasteiger partial charge in [0, 0.05) is 15.7 Å². The predicted molar refractivity (Wildman–Crippen MR) is 86.2 cm³/mol. The van der Waals surface area contributed by atoms with E-state index in [1.807, 2.05) is 37.3 Å². The smallest absolute Gasteiger partial charge is 0.265 e. The third-order valence-corrected chi connectivity index (χ3v) is 3.25. The third-order valence-electron chi connectivity index (χ3n) is 2.81. The summed E-state index contributed by atoms with van der Waals surface area (Å²) in [6.07, 6.45) is -0.0279. The summed E-state index contributed by atoms with van der Waals surface area (Å²) in [4.78, 5) is 12.2. The number of benzene rings is 2. The molecule has 0 bridgehead atoms. The number of hydrogen-bond acceptors (Lipinski definition) is 2. The average molecular weight is 324 g/mol. The number of para-hydroxylation sites is 1. The Balaban J connectivity index is 2.06. The Bertz CT molecular complexity index is 597. The first kappa shape index (κ1) is 15.7. The zero-order valence-corrected chi connectivity index (χ0v) is 13.0. The van der Waals surface area contributed by atoms with Crippen molar-refractivity contribution in [3.63, 3.8) is 0 Å². The molecule has 2 aromatic rings. The molecule has 2 rings (SSSR count). The second-order valence-corrected chi connectivity index (χ2v) is 5.35. The van der Waals surface area contributed by atoms with Crippen LogP contribution in [0.15, 0.2) is 48.5 Å². The van der Waals surface area contributed by atoms with E-state index in [0.29, 0.717) is 27.9 Å². The molecule has 0 aliphatic carbocycles. The summed E-state index contributed by atoms with van der Waals surface area (Å²) >= 11 is 11.8. The number of ether oxygens (including phenoxy) is 1. The minimum absolute atomic E-state index is 0.236. The van der Waals surface area contributed by atoms with Crippen LogP contribution in [0, 0.1) is 0 Å². The Kier molecular flexibility index (Phi) is 5.48. The lowest BCUT2D eigenvalue weighted by Crippen LogP contribution is -2.32. The summed E-state index contributed by atoms with van der Waals surface area (Å²) in [5.74, 6) is 0.420. The molecule has 2 aromatic carbocycles. The first-order valence-corrected chi connectivity index (χ1v) is 7.32. The van der Waals surface area contributed by atoms with E-state index >= 15 is 0 Å². The topological polar surface area (TPSA) is 38.3 Å². The van der Waals surface area contributed by atoms with E-state index < -0.39 is 6.10 Å². The van der Waals surface area contributed by atoms with E-state index in [4.69, 9.17) is 27.9 Å². The average Bonchev–Trinajstić information content (AvgIpc) is 2.44. The molecule has 0 saturated carbocycles. The lowest BCUT2D eigenvalue weighted by Gasteiger charge is -2.17. The number of rotatable bonds is 5. The second kappa shape index (κ2) is 7.34. The second-order valence-electron chi connectivity index (χ2n) is 4.48. The Labute approximate surface area is 133 Å². The van der Waals surface area contributed by atoms with Gasteiger partial charge in [-0.25, -0.2) is 0 Å². The van der Waals surface area contributed by atoms with Crippen molar-refractivity contribution in [3.05, 3.63) is 58.6 Å². The summed E-state index contributed by atoms with van der Waals surface area (Å²) < 4.78 is 5.68. The molecule has 0 radical (unpaired) electrons. The van der Waals surface area contributed by atoms with Gasteiger partial charge in [-0.2, -0.15) is 0 Å². The number of hydrogen-bond donors (Lipinski definition) is 1. The highest BCUT2D eigenvalue weighted by molar-refractivity contribution is 6.35. The molecule has 0 spiro atoms. The van der Waals surface area contributed by atoms with Gasteiger partial charge in [-0.1, -0.05) is 48.3 Å². The molecule has 0 aliphatic rings. The van der Waals surface area contributed by atoms with Gasteiger partial charge >= 0.3 is 0 Å². The van der Waals surface area contributed by atoms with Crippen molar-refractivity contribution in [2.45, 2.75) is 19.4 Å². The van der Waals surface area contributed by atoms with Crippen molar-refractivity contribution in [3.8, 4) is 5.75 Å². The lowest BCUT2D eigenvalue weighted by molar-refractivity contribution is -0.122. The highest BCUT2D eigenvalue weighted by Gasteiger charge is 2.18. The lowest BCUT2D eigenvalue weighted by atomic mass is 10.2. The summed E-state index contributed by atoms with van der Waals surface area (Å²) in [6.45, 7) is 1.89.